The van der Waals surface area contributed by atoms with Gasteiger partial charge in [0.15, 0.2) is 11.5 Å². The normalized spacial score (nSPS) is 10.5. The predicted molar refractivity (Wildman–Crippen MR) is 115 cm³/mol. The van der Waals surface area contributed by atoms with Crippen LogP contribution in [0.2, 0.25) is 0 Å². The maximum Gasteiger partial charge on any atom is 0.284 e. The summed E-state index contributed by atoms with van der Waals surface area (Å²) < 4.78 is 15.9. The van der Waals surface area contributed by atoms with Crippen molar-refractivity contribution in [2.24, 2.45) is 0 Å². The summed E-state index contributed by atoms with van der Waals surface area (Å²) in [6.45, 7) is 0.605. The van der Waals surface area contributed by atoms with Gasteiger partial charge in [-0.1, -0.05) is 6.07 Å². The van der Waals surface area contributed by atoms with Gasteiger partial charge < -0.3 is 24.8 Å². The van der Waals surface area contributed by atoms with Gasteiger partial charge in [-0.25, -0.2) is 9.97 Å². The summed E-state index contributed by atoms with van der Waals surface area (Å²) >= 11 is 0. The SMILES string of the molecule is COc1cc2c(C#N)c(N(C)CCc3ccc(OC)c(OC)c3)nc(N)c2c(N)[nH+]1. The van der Waals surface area contributed by atoms with Crippen molar-refractivity contribution in [3.63, 3.8) is 0 Å². The quantitative estimate of drug-likeness (QED) is 0.603. The molecule has 0 fully saturated rings. The molecule has 1 aromatic carbocycles. The van der Waals surface area contributed by atoms with Crippen LogP contribution in [0.1, 0.15) is 11.1 Å². The van der Waals surface area contributed by atoms with E-state index in [2.05, 4.69) is 16.0 Å². The van der Waals surface area contributed by atoms with Gasteiger partial charge in [-0.15, -0.1) is 0 Å². The minimum absolute atomic E-state index is 0.244. The van der Waals surface area contributed by atoms with Crippen molar-refractivity contribution in [1.82, 2.24) is 4.98 Å². The monoisotopic (exact) mass is 409 g/mol. The first-order valence-corrected chi connectivity index (χ1v) is 9.24. The number of nitrogens with zero attached hydrogens (tertiary/aromatic N) is 3. The summed E-state index contributed by atoms with van der Waals surface area (Å²) in [5.74, 6) is 2.80. The molecule has 0 amide bonds. The number of hydrogen-bond acceptors (Lipinski definition) is 8. The number of anilines is 3. The summed E-state index contributed by atoms with van der Waals surface area (Å²) in [5, 5.41) is 10.9. The van der Waals surface area contributed by atoms with Crippen molar-refractivity contribution >= 4 is 28.2 Å². The van der Waals surface area contributed by atoms with Gasteiger partial charge in [0.2, 0.25) is 0 Å². The molecule has 0 unspecified atom stereocenters. The van der Waals surface area contributed by atoms with E-state index in [1.54, 1.807) is 20.3 Å². The van der Waals surface area contributed by atoms with Crippen LogP contribution in [0.25, 0.3) is 10.8 Å². The van der Waals surface area contributed by atoms with Gasteiger partial charge in [0.05, 0.1) is 21.3 Å². The van der Waals surface area contributed by atoms with E-state index in [0.717, 1.165) is 5.56 Å². The number of nitrogens with two attached hydrogens (primary N) is 2. The summed E-state index contributed by atoms with van der Waals surface area (Å²) in [7, 11) is 6.59. The van der Waals surface area contributed by atoms with Crippen LogP contribution in [0.5, 0.6) is 17.4 Å². The van der Waals surface area contributed by atoms with Gasteiger partial charge in [0.25, 0.3) is 11.7 Å². The molecule has 0 aliphatic rings. The molecule has 3 rings (SSSR count). The lowest BCUT2D eigenvalue weighted by Crippen LogP contribution is -2.24. The Labute approximate surface area is 174 Å². The van der Waals surface area contributed by atoms with E-state index in [-0.39, 0.29) is 5.82 Å². The molecular weight excluding hydrogens is 384 g/mol. The molecule has 0 radical (unpaired) electrons. The van der Waals surface area contributed by atoms with Crippen LogP contribution >= 0.6 is 0 Å². The highest BCUT2D eigenvalue weighted by molar-refractivity contribution is 6.03. The van der Waals surface area contributed by atoms with Crippen molar-refractivity contribution in [3.05, 3.63) is 35.4 Å². The zero-order chi connectivity index (χ0) is 21.8. The molecule has 9 nitrogen and oxygen atoms in total. The summed E-state index contributed by atoms with van der Waals surface area (Å²) in [6.07, 6.45) is 0.704. The number of nitrogen functional groups attached to an aromatic ring is 2. The number of ether oxygens (including phenoxy) is 3. The lowest BCUT2D eigenvalue weighted by molar-refractivity contribution is -0.374. The van der Waals surface area contributed by atoms with Gasteiger partial charge in [-0.2, -0.15) is 5.26 Å². The maximum atomic E-state index is 9.84. The van der Waals surface area contributed by atoms with E-state index < -0.39 is 0 Å². The Balaban J connectivity index is 1.95. The number of hydrogen-bond donors (Lipinski definition) is 2. The molecule has 9 heteroatoms. The van der Waals surface area contributed by atoms with Crippen molar-refractivity contribution in [2.75, 3.05) is 51.3 Å². The Kier molecular flexibility index (Phi) is 5.97. The van der Waals surface area contributed by atoms with Crippen LogP contribution in [0, 0.1) is 11.3 Å². The molecule has 2 heterocycles. The largest absolute Gasteiger partial charge is 0.493 e. The molecular formula is C21H25N6O3+. The molecule has 0 saturated carbocycles. The fourth-order valence-corrected chi connectivity index (χ4v) is 3.33. The van der Waals surface area contributed by atoms with Gasteiger partial charge in [0, 0.05) is 25.0 Å². The highest BCUT2D eigenvalue weighted by Gasteiger charge is 2.21. The van der Waals surface area contributed by atoms with Crippen LogP contribution in [-0.2, 0) is 6.42 Å². The molecule has 30 heavy (non-hydrogen) atoms. The predicted octanol–water partition coefficient (Wildman–Crippen LogP) is 1.79. The van der Waals surface area contributed by atoms with E-state index in [0.29, 0.717) is 58.3 Å². The molecule has 3 aromatic rings. The first kappa shape index (κ1) is 20.8. The number of pyridine rings is 2. The van der Waals surface area contributed by atoms with Crippen molar-refractivity contribution < 1.29 is 19.2 Å². The second kappa shape index (κ2) is 8.61. The third-order valence-corrected chi connectivity index (χ3v) is 4.92. The lowest BCUT2D eigenvalue weighted by Gasteiger charge is -2.21. The average molecular weight is 409 g/mol. The highest BCUT2D eigenvalue weighted by Crippen LogP contribution is 2.33. The fourth-order valence-electron chi connectivity index (χ4n) is 3.33. The molecule has 0 atom stereocenters. The topological polar surface area (TPSA) is 134 Å². The number of likely N-dealkylation sites (N-methyl/N-ethyl adjacent to an activating group) is 1. The average Bonchev–Trinajstić information content (AvgIpc) is 2.76. The zero-order valence-electron chi connectivity index (χ0n) is 17.4. The third kappa shape index (κ3) is 3.80. The first-order valence-electron chi connectivity index (χ1n) is 9.24. The number of nitriles is 1. The second-order valence-corrected chi connectivity index (χ2v) is 6.71. The molecule has 2 aromatic heterocycles. The Hall–Kier alpha value is -3.93. The maximum absolute atomic E-state index is 9.84. The number of nitrogens with one attached hydrogen (secondary N) is 1. The van der Waals surface area contributed by atoms with Crippen molar-refractivity contribution in [3.8, 4) is 23.4 Å². The lowest BCUT2D eigenvalue weighted by atomic mass is 10.1. The van der Waals surface area contributed by atoms with Gasteiger partial charge in [-0.05, 0) is 24.1 Å². The number of methoxy groups -OCH3 is 3. The minimum atomic E-state index is 0.244. The fraction of sp³-hybridized carbons (Fsp3) is 0.286. The smallest absolute Gasteiger partial charge is 0.284 e. The first-order chi connectivity index (χ1) is 14.4. The summed E-state index contributed by atoms with van der Waals surface area (Å²) in [4.78, 5) is 9.25. The van der Waals surface area contributed by atoms with Gasteiger partial charge in [0.1, 0.15) is 28.7 Å². The second-order valence-electron chi connectivity index (χ2n) is 6.71. The molecule has 156 valence electrons. The van der Waals surface area contributed by atoms with Crippen LogP contribution < -0.4 is 35.6 Å². The van der Waals surface area contributed by atoms with Gasteiger partial charge in [-0.3, -0.25) is 5.73 Å². The summed E-state index contributed by atoms with van der Waals surface area (Å²) in [5.41, 5.74) is 13.7. The molecule has 0 aliphatic heterocycles. The van der Waals surface area contributed by atoms with Crippen molar-refractivity contribution in [1.29, 1.82) is 5.26 Å². The number of rotatable bonds is 7. The van der Waals surface area contributed by atoms with Crippen LogP contribution in [0.3, 0.4) is 0 Å². The Morgan fingerprint density at radius 3 is 2.47 bits per heavy atom. The Morgan fingerprint density at radius 2 is 1.83 bits per heavy atom. The third-order valence-electron chi connectivity index (χ3n) is 4.92. The number of aromatic nitrogens is 2. The van der Waals surface area contributed by atoms with E-state index in [4.69, 9.17) is 25.7 Å². The molecule has 0 bridgehead atoms. The van der Waals surface area contributed by atoms with Crippen LogP contribution in [0.4, 0.5) is 17.5 Å². The van der Waals surface area contributed by atoms with Gasteiger partial charge >= 0.3 is 0 Å². The molecule has 5 N–H and O–H groups in total. The Morgan fingerprint density at radius 1 is 1.10 bits per heavy atom. The standard InChI is InChI=1S/C21H24N6O3/c1-27(8-7-12-5-6-15(28-2)16(9-12)29-3)21-14(11-22)13-10-17(30-4)25-19(23)18(13)20(24)26-21/h5-6,9-10H,7-8H2,1-4H3,(H2,23,25)(H2,24,26)/p+1. The van der Waals surface area contributed by atoms with E-state index >= 15 is 0 Å². The highest BCUT2D eigenvalue weighted by atomic mass is 16.5. The molecule has 0 saturated heterocycles. The molecule has 0 spiro atoms. The summed E-state index contributed by atoms with van der Waals surface area (Å²) in [6, 6.07) is 9.71. The number of H-pyrrole nitrogens is 1. The van der Waals surface area contributed by atoms with E-state index in [9.17, 15) is 5.26 Å². The van der Waals surface area contributed by atoms with E-state index in [1.807, 2.05) is 30.1 Å². The van der Waals surface area contributed by atoms with Crippen molar-refractivity contribution in [2.45, 2.75) is 6.42 Å². The Bertz CT molecular complexity index is 1130. The van der Waals surface area contributed by atoms with Crippen LogP contribution in [-0.4, -0.2) is 39.9 Å². The number of fused-ring (bicyclic) bond motifs is 1. The number of benzene rings is 1. The zero-order valence-corrected chi connectivity index (χ0v) is 17.4. The minimum Gasteiger partial charge on any atom is -0.493 e. The number of aromatic amines is 1. The van der Waals surface area contributed by atoms with E-state index in [1.165, 1.54) is 7.11 Å². The van der Waals surface area contributed by atoms with Crippen LogP contribution in [0.15, 0.2) is 24.3 Å². The molecule has 0 aliphatic carbocycles.